The Morgan fingerprint density at radius 1 is 1.10 bits per heavy atom. The van der Waals surface area contributed by atoms with Crippen LogP contribution in [0.5, 0.6) is 11.5 Å². The molecule has 0 unspecified atom stereocenters. The van der Waals surface area contributed by atoms with Gasteiger partial charge in [0, 0.05) is 37.6 Å². The Morgan fingerprint density at radius 3 is 2.41 bits per heavy atom. The highest BCUT2D eigenvalue weighted by Gasteiger charge is 2.25. The molecule has 1 aliphatic rings. The van der Waals surface area contributed by atoms with Crippen LogP contribution in [-0.2, 0) is 0 Å². The molecule has 0 saturated carbocycles. The zero-order chi connectivity index (χ0) is 19.7. The summed E-state index contributed by atoms with van der Waals surface area (Å²) < 4.78 is 15.9. The van der Waals surface area contributed by atoms with Gasteiger partial charge in [-0.3, -0.25) is 4.79 Å². The Balaban J connectivity index is 0.00000240. The summed E-state index contributed by atoms with van der Waals surface area (Å²) in [5.41, 5.74) is 6.84. The molecular weight excluding hydrogens is 374 g/mol. The monoisotopic (exact) mass is 399 g/mol. The second-order valence-electron chi connectivity index (χ2n) is 6.39. The fraction of sp³-hybridized carbons (Fsp3) is 0.350. The maximum absolute atomic E-state index is 12.4. The molecule has 0 aliphatic carbocycles. The molecule has 1 aliphatic heterocycles. The minimum atomic E-state index is -0.111. The van der Waals surface area contributed by atoms with Gasteiger partial charge in [-0.2, -0.15) is 4.98 Å². The fourth-order valence-electron chi connectivity index (χ4n) is 3.27. The minimum Gasteiger partial charge on any atom is -0.493 e. The van der Waals surface area contributed by atoms with Crippen molar-refractivity contribution in [2.45, 2.75) is 7.43 Å². The second kappa shape index (κ2) is 8.26. The topological polar surface area (TPSA) is 107 Å². The standard InChI is InChI=1S/C19H21N5O4.CH4/c1-26-15-10-12-13(11-16(15)27-2)21-19(22-17(12)20)24-7-5-23(6-8-24)18(25)14-4-3-9-28-14;/h3-4,9-11H,5-8H2,1-2H3,(H2,20,21,22);1H4. The lowest BCUT2D eigenvalue weighted by atomic mass is 10.2. The number of carbonyl (C=O) groups excluding carboxylic acids is 1. The largest absolute Gasteiger partial charge is 0.493 e. The number of hydrogen-bond acceptors (Lipinski definition) is 8. The van der Waals surface area contributed by atoms with Crippen molar-refractivity contribution in [3.63, 3.8) is 0 Å². The molecule has 2 N–H and O–H groups in total. The van der Waals surface area contributed by atoms with Crippen LogP contribution in [0.4, 0.5) is 11.8 Å². The van der Waals surface area contributed by atoms with E-state index < -0.39 is 0 Å². The van der Waals surface area contributed by atoms with Crippen LogP contribution >= 0.6 is 0 Å². The number of ether oxygens (including phenoxy) is 2. The number of nitrogens with zero attached hydrogens (tertiary/aromatic N) is 4. The summed E-state index contributed by atoms with van der Waals surface area (Å²) in [7, 11) is 3.14. The van der Waals surface area contributed by atoms with Gasteiger partial charge in [-0.15, -0.1) is 0 Å². The van der Waals surface area contributed by atoms with E-state index in [-0.39, 0.29) is 13.3 Å². The van der Waals surface area contributed by atoms with Crippen LogP contribution in [0.1, 0.15) is 18.0 Å². The summed E-state index contributed by atoms with van der Waals surface area (Å²) >= 11 is 0. The summed E-state index contributed by atoms with van der Waals surface area (Å²) in [6.45, 7) is 2.30. The fourth-order valence-corrected chi connectivity index (χ4v) is 3.27. The zero-order valence-electron chi connectivity index (χ0n) is 15.7. The summed E-state index contributed by atoms with van der Waals surface area (Å²) in [6, 6.07) is 6.93. The number of rotatable bonds is 4. The van der Waals surface area contributed by atoms with Crippen molar-refractivity contribution in [1.29, 1.82) is 0 Å². The van der Waals surface area contributed by atoms with Crippen molar-refractivity contribution in [2.75, 3.05) is 51.0 Å². The summed E-state index contributed by atoms with van der Waals surface area (Å²) in [5, 5.41) is 0.702. The molecule has 2 aromatic heterocycles. The van der Waals surface area contributed by atoms with Crippen LogP contribution < -0.4 is 20.1 Å². The maximum Gasteiger partial charge on any atom is 0.289 e. The Hall–Kier alpha value is -3.49. The molecule has 3 heterocycles. The van der Waals surface area contributed by atoms with E-state index in [9.17, 15) is 4.79 Å². The van der Waals surface area contributed by atoms with Gasteiger partial charge in [0.15, 0.2) is 17.3 Å². The van der Waals surface area contributed by atoms with Gasteiger partial charge in [-0.25, -0.2) is 4.98 Å². The quantitative estimate of drug-likeness (QED) is 0.713. The molecule has 3 aromatic rings. The van der Waals surface area contributed by atoms with Crippen molar-refractivity contribution >= 4 is 28.6 Å². The number of furan rings is 1. The highest BCUT2D eigenvalue weighted by molar-refractivity contribution is 5.92. The Kier molecular flexibility index (Phi) is 5.76. The van der Waals surface area contributed by atoms with Gasteiger partial charge < -0.3 is 29.4 Å². The van der Waals surface area contributed by atoms with E-state index in [1.54, 1.807) is 43.4 Å². The molecule has 0 radical (unpaired) electrons. The summed E-state index contributed by atoms with van der Waals surface area (Å²) in [5.74, 6) is 2.29. The van der Waals surface area contributed by atoms with Crippen LogP contribution in [0.2, 0.25) is 0 Å². The molecule has 1 saturated heterocycles. The number of hydrogen-bond donors (Lipinski definition) is 1. The van der Waals surface area contributed by atoms with E-state index in [1.165, 1.54) is 6.26 Å². The van der Waals surface area contributed by atoms with Gasteiger partial charge in [-0.05, 0) is 18.2 Å². The van der Waals surface area contributed by atoms with Crippen LogP contribution in [0, 0.1) is 0 Å². The summed E-state index contributed by atoms with van der Waals surface area (Å²) in [6.07, 6.45) is 1.50. The number of benzene rings is 1. The van der Waals surface area contributed by atoms with E-state index in [0.29, 0.717) is 66.1 Å². The molecule has 0 bridgehead atoms. The third-order valence-electron chi connectivity index (χ3n) is 4.80. The van der Waals surface area contributed by atoms with E-state index in [1.807, 2.05) is 4.90 Å². The number of fused-ring (bicyclic) bond motifs is 1. The molecular formula is C20H25N5O4. The number of amides is 1. The Morgan fingerprint density at radius 2 is 1.79 bits per heavy atom. The number of anilines is 2. The molecule has 29 heavy (non-hydrogen) atoms. The Labute approximate surface area is 169 Å². The second-order valence-corrected chi connectivity index (χ2v) is 6.39. The normalized spacial score (nSPS) is 13.9. The third-order valence-corrected chi connectivity index (χ3v) is 4.80. The van der Waals surface area contributed by atoms with Crippen LogP contribution in [0.15, 0.2) is 34.9 Å². The van der Waals surface area contributed by atoms with Crippen molar-refractivity contribution < 1.29 is 18.7 Å². The molecule has 9 heteroatoms. The van der Waals surface area contributed by atoms with Crippen molar-refractivity contribution in [3.05, 3.63) is 36.3 Å². The molecule has 154 valence electrons. The first-order valence-electron chi connectivity index (χ1n) is 8.87. The molecule has 9 nitrogen and oxygen atoms in total. The average Bonchev–Trinajstić information content (AvgIpc) is 3.27. The molecule has 1 aromatic carbocycles. The lowest BCUT2D eigenvalue weighted by molar-refractivity contribution is 0.0714. The number of methoxy groups -OCH3 is 2. The van der Waals surface area contributed by atoms with Gasteiger partial charge >= 0.3 is 0 Å². The third kappa shape index (κ3) is 3.75. The van der Waals surface area contributed by atoms with Crippen LogP contribution in [0.3, 0.4) is 0 Å². The number of nitrogen functional groups attached to an aromatic ring is 1. The van der Waals surface area contributed by atoms with Crippen LogP contribution in [-0.4, -0.2) is 61.2 Å². The lowest BCUT2D eigenvalue weighted by Crippen LogP contribution is -2.49. The first-order valence-corrected chi connectivity index (χ1v) is 8.87. The Bertz CT molecular complexity index is 998. The number of piperazine rings is 1. The van der Waals surface area contributed by atoms with Crippen molar-refractivity contribution in [2.24, 2.45) is 0 Å². The van der Waals surface area contributed by atoms with Gasteiger partial charge in [-0.1, -0.05) is 7.43 Å². The van der Waals surface area contributed by atoms with E-state index in [0.717, 1.165) is 0 Å². The molecule has 1 amide bonds. The van der Waals surface area contributed by atoms with Crippen molar-refractivity contribution in [1.82, 2.24) is 14.9 Å². The SMILES string of the molecule is C.COc1cc2nc(N3CCN(C(=O)c4ccco4)CC3)nc(N)c2cc1OC. The highest BCUT2D eigenvalue weighted by Crippen LogP contribution is 2.34. The van der Waals surface area contributed by atoms with Gasteiger partial charge in [0.1, 0.15) is 5.82 Å². The van der Waals surface area contributed by atoms with Crippen LogP contribution in [0.25, 0.3) is 10.9 Å². The molecule has 0 spiro atoms. The van der Waals surface area contributed by atoms with E-state index in [2.05, 4.69) is 9.97 Å². The number of aromatic nitrogens is 2. The van der Waals surface area contributed by atoms with E-state index in [4.69, 9.17) is 19.6 Å². The average molecular weight is 399 g/mol. The highest BCUT2D eigenvalue weighted by atomic mass is 16.5. The molecule has 4 rings (SSSR count). The predicted molar refractivity (Wildman–Crippen MR) is 111 cm³/mol. The van der Waals surface area contributed by atoms with E-state index >= 15 is 0 Å². The number of nitrogens with two attached hydrogens (primary N) is 1. The predicted octanol–water partition coefficient (Wildman–Crippen LogP) is 2.42. The van der Waals surface area contributed by atoms with Gasteiger partial charge in [0.2, 0.25) is 5.95 Å². The molecule has 1 fully saturated rings. The van der Waals surface area contributed by atoms with Crippen molar-refractivity contribution in [3.8, 4) is 11.5 Å². The number of carbonyl (C=O) groups is 1. The zero-order valence-corrected chi connectivity index (χ0v) is 15.7. The smallest absolute Gasteiger partial charge is 0.289 e. The molecule has 0 atom stereocenters. The maximum atomic E-state index is 12.4. The first-order chi connectivity index (χ1) is 13.6. The lowest BCUT2D eigenvalue weighted by Gasteiger charge is -2.34. The summed E-state index contributed by atoms with van der Waals surface area (Å²) in [4.78, 5) is 25.3. The minimum absolute atomic E-state index is 0. The van der Waals surface area contributed by atoms with Gasteiger partial charge in [0.05, 0.1) is 26.0 Å². The first kappa shape index (κ1) is 20.2. The van der Waals surface area contributed by atoms with Gasteiger partial charge in [0.25, 0.3) is 5.91 Å².